The number of aromatic nitrogens is 2. The smallest absolute Gasteiger partial charge is 0.226 e. The molecule has 1 unspecified atom stereocenters. The number of nitrogens with zero attached hydrogens (tertiary/aromatic N) is 2. The zero-order valence-electron chi connectivity index (χ0n) is 11.6. The highest BCUT2D eigenvalue weighted by molar-refractivity contribution is 7.09. The van der Waals surface area contributed by atoms with Crippen molar-refractivity contribution in [1.82, 2.24) is 15.5 Å². The fourth-order valence-electron chi connectivity index (χ4n) is 1.87. The number of aryl methyl sites for hydroxylation is 1. The quantitative estimate of drug-likeness (QED) is 0.807. The second-order valence-electron chi connectivity index (χ2n) is 4.75. The third kappa shape index (κ3) is 4.76. The third-order valence-electron chi connectivity index (χ3n) is 2.96. The van der Waals surface area contributed by atoms with Gasteiger partial charge in [0.1, 0.15) is 0 Å². The Morgan fingerprint density at radius 1 is 1.47 bits per heavy atom. The lowest BCUT2D eigenvalue weighted by Crippen LogP contribution is -2.27. The molecule has 0 aliphatic carbocycles. The van der Waals surface area contributed by atoms with Crippen LogP contribution < -0.4 is 5.32 Å². The number of hydrogen-bond donors (Lipinski definition) is 1. The summed E-state index contributed by atoms with van der Waals surface area (Å²) in [4.78, 5) is 5.71. The van der Waals surface area contributed by atoms with Gasteiger partial charge in [0.05, 0.1) is 0 Å². The first-order valence-corrected chi connectivity index (χ1v) is 7.73. The van der Waals surface area contributed by atoms with Crippen molar-refractivity contribution in [2.24, 2.45) is 0 Å². The molecule has 0 aromatic carbocycles. The fraction of sp³-hybridized carbons (Fsp3) is 0.571. The Labute approximate surface area is 118 Å². The molecule has 5 heteroatoms. The standard InChI is InChI=1S/C14H21N3OS/c1-3-8-15-11(2)6-7-14-16-13(17-18-14)10-12-5-4-9-19-12/h4-5,9,11,15H,3,6-8,10H2,1-2H3. The summed E-state index contributed by atoms with van der Waals surface area (Å²) in [7, 11) is 0. The highest BCUT2D eigenvalue weighted by atomic mass is 32.1. The van der Waals surface area contributed by atoms with Crippen LogP contribution in [-0.2, 0) is 12.8 Å². The van der Waals surface area contributed by atoms with Crippen molar-refractivity contribution in [2.75, 3.05) is 6.54 Å². The molecule has 1 N–H and O–H groups in total. The Hall–Kier alpha value is -1.20. The molecule has 0 aliphatic rings. The first kappa shape index (κ1) is 14.2. The number of hydrogen-bond acceptors (Lipinski definition) is 5. The topological polar surface area (TPSA) is 51.0 Å². The van der Waals surface area contributed by atoms with Crippen molar-refractivity contribution in [3.63, 3.8) is 0 Å². The molecular weight excluding hydrogens is 258 g/mol. The molecule has 104 valence electrons. The van der Waals surface area contributed by atoms with Crippen molar-refractivity contribution in [3.05, 3.63) is 34.1 Å². The predicted octanol–water partition coefficient (Wildman–Crippen LogP) is 3.04. The van der Waals surface area contributed by atoms with Crippen LogP contribution in [0.15, 0.2) is 22.0 Å². The van der Waals surface area contributed by atoms with Crippen LogP contribution in [0.25, 0.3) is 0 Å². The highest BCUT2D eigenvalue weighted by Crippen LogP contribution is 2.13. The molecular formula is C14H21N3OS. The van der Waals surface area contributed by atoms with E-state index in [0.717, 1.165) is 43.9 Å². The van der Waals surface area contributed by atoms with E-state index >= 15 is 0 Å². The van der Waals surface area contributed by atoms with Crippen molar-refractivity contribution < 1.29 is 4.52 Å². The predicted molar refractivity (Wildman–Crippen MR) is 77.5 cm³/mol. The summed E-state index contributed by atoms with van der Waals surface area (Å²) in [5.41, 5.74) is 0. The lowest BCUT2D eigenvalue weighted by atomic mass is 10.2. The average molecular weight is 279 g/mol. The van der Waals surface area contributed by atoms with E-state index in [2.05, 4.69) is 40.8 Å². The summed E-state index contributed by atoms with van der Waals surface area (Å²) in [6, 6.07) is 4.63. The van der Waals surface area contributed by atoms with Crippen molar-refractivity contribution >= 4 is 11.3 Å². The van der Waals surface area contributed by atoms with Crippen LogP contribution in [0.2, 0.25) is 0 Å². The zero-order valence-corrected chi connectivity index (χ0v) is 12.4. The van der Waals surface area contributed by atoms with Gasteiger partial charge in [-0.1, -0.05) is 18.1 Å². The van der Waals surface area contributed by atoms with Gasteiger partial charge in [-0.2, -0.15) is 4.98 Å². The molecule has 0 bridgehead atoms. The molecule has 0 spiro atoms. The van der Waals surface area contributed by atoms with Crippen LogP contribution in [0.5, 0.6) is 0 Å². The van der Waals surface area contributed by atoms with Crippen molar-refractivity contribution in [2.45, 2.75) is 45.6 Å². The molecule has 0 aliphatic heterocycles. The number of thiophene rings is 1. The van der Waals surface area contributed by atoms with Gasteiger partial charge in [0.15, 0.2) is 5.82 Å². The molecule has 0 radical (unpaired) electrons. The Morgan fingerprint density at radius 3 is 3.11 bits per heavy atom. The Kier molecular flexibility index (Phi) is 5.54. The van der Waals surface area contributed by atoms with Crippen molar-refractivity contribution in [1.29, 1.82) is 0 Å². The SMILES string of the molecule is CCCNC(C)CCc1nc(Cc2cccs2)no1. The maximum absolute atomic E-state index is 5.28. The van der Waals surface area contributed by atoms with Gasteiger partial charge in [0.25, 0.3) is 0 Å². The first-order chi connectivity index (χ1) is 9.28. The molecule has 1 atom stereocenters. The maximum Gasteiger partial charge on any atom is 0.226 e. The van der Waals surface area contributed by atoms with Gasteiger partial charge >= 0.3 is 0 Å². The van der Waals surface area contributed by atoms with Gasteiger partial charge in [-0.05, 0) is 37.8 Å². The van der Waals surface area contributed by atoms with Gasteiger partial charge in [-0.3, -0.25) is 0 Å². The Balaban J connectivity index is 1.77. The summed E-state index contributed by atoms with van der Waals surface area (Å²) < 4.78 is 5.28. The maximum atomic E-state index is 5.28. The van der Waals surface area contributed by atoms with Gasteiger partial charge in [-0.25, -0.2) is 0 Å². The van der Waals surface area contributed by atoms with E-state index in [9.17, 15) is 0 Å². The molecule has 2 aromatic heterocycles. The summed E-state index contributed by atoms with van der Waals surface area (Å²) in [5.74, 6) is 1.53. The van der Waals surface area contributed by atoms with Crippen LogP contribution in [0, 0.1) is 0 Å². The molecule has 19 heavy (non-hydrogen) atoms. The molecule has 0 fully saturated rings. The molecule has 2 rings (SSSR count). The molecule has 0 amide bonds. The molecule has 2 heterocycles. The normalized spacial score (nSPS) is 12.7. The van der Waals surface area contributed by atoms with Crippen LogP contribution in [0.1, 0.15) is 43.3 Å². The minimum absolute atomic E-state index is 0.493. The molecule has 2 aromatic rings. The van der Waals surface area contributed by atoms with E-state index < -0.39 is 0 Å². The van der Waals surface area contributed by atoms with Crippen molar-refractivity contribution in [3.8, 4) is 0 Å². The Bertz CT molecular complexity index is 467. The monoisotopic (exact) mass is 279 g/mol. The minimum atomic E-state index is 0.493. The van der Waals surface area contributed by atoms with Gasteiger partial charge in [0.2, 0.25) is 5.89 Å². The second-order valence-corrected chi connectivity index (χ2v) is 5.79. The van der Waals surface area contributed by atoms with E-state index in [4.69, 9.17) is 4.52 Å². The van der Waals surface area contributed by atoms with Crippen LogP contribution in [0.3, 0.4) is 0 Å². The lowest BCUT2D eigenvalue weighted by Gasteiger charge is -2.10. The third-order valence-corrected chi connectivity index (χ3v) is 3.83. The largest absolute Gasteiger partial charge is 0.339 e. The first-order valence-electron chi connectivity index (χ1n) is 6.85. The second kappa shape index (κ2) is 7.40. The fourth-order valence-corrected chi connectivity index (χ4v) is 2.57. The number of rotatable bonds is 8. The summed E-state index contributed by atoms with van der Waals surface area (Å²) >= 11 is 1.72. The number of nitrogens with one attached hydrogen (secondary N) is 1. The summed E-state index contributed by atoms with van der Waals surface area (Å²) in [5, 5.41) is 9.56. The zero-order chi connectivity index (χ0) is 13.5. The molecule has 4 nitrogen and oxygen atoms in total. The highest BCUT2D eigenvalue weighted by Gasteiger charge is 2.09. The van der Waals surface area contributed by atoms with E-state index in [1.807, 2.05) is 6.07 Å². The van der Waals surface area contributed by atoms with E-state index in [1.54, 1.807) is 11.3 Å². The minimum Gasteiger partial charge on any atom is -0.339 e. The van der Waals surface area contributed by atoms with E-state index in [0.29, 0.717) is 6.04 Å². The van der Waals surface area contributed by atoms with Gasteiger partial charge in [0, 0.05) is 23.8 Å². The summed E-state index contributed by atoms with van der Waals surface area (Å²) in [6.45, 7) is 5.43. The van der Waals surface area contributed by atoms with E-state index in [-0.39, 0.29) is 0 Å². The lowest BCUT2D eigenvalue weighted by molar-refractivity contribution is 0.363. The van der Waals surface area contributed by atoms with Crippen LogP contribution >= 0.6 is 11.3 Å². The molecule has 0 saturated carbocycles. The van der Waals surface area contributed by atoms with Gasteiger partial charge < -0.3 is 9.84 Å². The van der Waals surface area contributed by atoms with E-state index in [1.165, 1.54) is 4.88 Å². The Morgan fingerprint density at radius 2 is 2.37 bits per heavy atom. The average Bonchev–Trinajstić information content (AvgIpc) is 3.06. The summed E-state index contributed by atoms with van der Waals surface area (Å²) in [6.07, 6.45) is 3.80. The van der Waals surface area contributed by atoms with Crippen LogP contribution in [0.4, 0.5) is 0 Å². The van der Waals surface area contributed by atoms with Gasteiger partial charge in [-0.15, -0.1) is 11.3 Å². The van der Waals surface area contributed by atoms with Crippen LogP contribution in [-0.4, -0.2) is 22.7 Å². The molecule has 0 saturated heterocycles.